The van der Waals surface area contributed by atoms with Crippen LogP contribution in [0.5, 0.6) is 5.88 Å². The molecule has 1 aliphatic carbocycles. The molecule has 0 radical (unpaired) electrons. The van der Waals surface area contributed by atoms with Crippen molar-refractivity contribution in [3.63, 3.8) is 0 Å². The van der Waals surface area contributed by atoms with Crippen LogP contribution in [0.25, 0.3) is 0 Å². The molecule has 7 nitrogen and oxygen atoms in total. The van der Waals surface area contributed by atoms with E-state index in [-0.39, 0.29) is 23.7 Å². The Morgan fingerprint density at radius 1 is 1.50 bits per heavy atom. The van der Waals surface area contributed by atoms with Gasteiger partial charge in [-0.05, 0) is 12.8 Å². The molecule has 0 atom stereocenters. The minimum absolute atomic E-state index is 0.0793. The van der Waals surface area contributed by atoms with Crippen molar-refractivity contribution in [1.82, 2.24) is 4.98 Å². The number of nitrogens with two attached hydrogens (primary N) is 1. The molecular formula is C13H16N4O3. The summed E-state index contributed by atoms with van der Waals surface area (Å²) in [5.41, 5.74) is 5.60. The molecule has 0 aliphatic heterocycles. The number of pyridine rings is 1. The molecule has 1 aliphatic rings. The molecule has 0 saturated heterocycles. The Bertz CT molecular complexity index is 547. The van der Waals surface area contributed by atoms with E-state index < -0.39 is 10.5 Å². The van der Waals surface area contributed by atoms with Gasteiger partial charge in [-0.25, -0.2) is 4.98 Å². The summed E-state index contributed by atoms with van der Waals surface area (Å²) in [4.78, 5) is 14.2. The number of hydrogen-bond acceptors (Lipinski definition) is 6. The molecule has 1 aromatic heterocycles. The Balaban J connectivity index is 2.13. The Labute approximate surface area is 116 Å². The van der Waals surface area contributed by atoms with Gasteiger partial charge in [0.25, 0.3) is 5.88 Å². The van der Waals surface area contributed by atoms with Gasteiger partial charge in [-0.2, -0.15) is 5.26 Å². The average molecular weight is 276 g/mol. The maximum atomic E-state index is 11.0. The molecule has 1 saturated carbocycles. The lowest BCUT2D eigenvalue weighted by Gasteiger charge is -2.32. The lowest BCUT2D eigenvalue weighted by molar-refractivity contribution is -0.386. The Morgan fingerprint density at radius 2 is 2.20 bits per heavy atom. The van der Waals surface area contributed by atoms with Crippen molar-refractivity contribution in [3.05, 3.63) is 27.9 Å². The normalized spacial score (nSPS) is 17.2. The van der Waals surface area contributed by atoms with Crippen LogP contribution in [-0.4, -0.2) is 22.1 Å². The van der Waals surface area contributed by atoms with Gasteiger partial charge in [0.2, 0.25) is 0 Å². The molecule has 7 heteroatoms. The maximum Gasteiger partial charge on any atom is 0.332 e. The van der Waals surface area contributed by atoms with Crippen LogP contribution >= 0.6 is 0 Å². The largest absolute Gasteiger partial charge is 0.471 e. The minimum atomic E-state index is -0.604. The van der Waals surface area contributed by atoms with Crippen molar-refractivity contribution in [1.29, 1.82) is 5.26 Å². The molecule has 0 bridgehead atoms. The topological polar surface area (TPSA) is 115 Å². The van der Waals surface area contributed by atoms with E-state index in [0.717, 1.165) is 38.2 Å². The predicted molar refractivity (Wildman–Crippen MR) is 71.1 cm³/mol. The van der Waals surface area contributed by atoms with E-state index in [0.29, 0.717) is 0 Å². The van der Waals surface area contributed by atoms with Crippen molar-refractivity contribution < 1.29 is 9.66 Å². The quantitative estimate of drug-likeness (QED) is 0.663. The zero-order valence-corrected chi connectivity index (χ0v) is 11.0. The maximum absolute atomic E-state index is 11.0. The fourth-order valence-corrected chi connectivity index (χ4v) is 2.36. The number of hydrogen-bond donors (Lipinski definition) is 1. The van der Waals surface area contributed by atoms with Gasteiger partial charge in [-0.3, -0.25) is 10.1 Å². The first-order chi connectivity index (χ1) is 9.54. The summed E-state index contributed by atoms with van der Waals surface area (Å²) in [6.45, 7) is 0.201. The molecule has 0 amide bonds. The Morgan fingerprint density at radius 3 is 2.80 bits per heavy atom. The van der Waals surface area contributed by atoms with E-state index in [1.54, 1.807) is 0 Å². The summed E-state index contributed by atoms with van der Waals surface area (Å²) >= 11 is 0. The third-order valence-electron chi connectivity index (χ3n) is 3.50. The lowest BCUT2D eigenvalue weighted by Crippen LogP contribution is -2.47. The van der Waals surface area contributed by atoms with E-state index >= 15 is 0 Å². The zero-order chi connectivity index (χ0) is 14.6. The molecule has 0 unspecified atom stereocenters. The SMILES string of the molecule is N#Cc1cnc(OCC2(N)CCCCC2)c([N+](=O)[O-])c1. The number of ether oxygens (including phenoxy) is 1. The van der Waals surface area contributed by atoms with Crippen molar-refractivity contribution in [2.75, 3.05) is 6.61 Å². The van der Waals surface area contributed by atoms with Crippen LogP contribution in [0.15, 0.2) is 12.3 Å². The molecular weight excluding hydrogens is 260 g/mol. The third kappa shape index (κ3) is 3.22. The monoisotopic (exact) mass is 276 g/mol. The van der Waals surface area contributed by atoms with Crippen LogP contribution in [0.3, 0.4) is 0 Å². The van der Waals surface area contributed by atoms with Gasteiger partial charge in [-0.15, -0.1) is 0 Å². The Kier molecular flexibility index (Phi) is 4.15. The molecule has 1 heterocycles. The standard InChI is InChI=1S/C13H16N4O3/c14-7-10-6-11(17(18)19)12(16-8-10)20-9-13(15)4-2-1-3-5-13/h6,8H,1-5,9,15H2. The van der Waals surface area contributed by atoms with Gasteiger partial charge in [0.05, 0.1) is 16.0 Å². The lowest BCUT2D eigenvalue weighted by atomic mass is 9.83. The summed E-state index contributed by atoms with van der Waals surface area (Å²) < 4.78 is 5.45. The molecule has 0 spiro atoms. The van der Waals surface area contributed by atoms with E-state index in [1.165, 1.54) is 6.20 Å². The van der Waals surface area contributed by atoms with Gasteiger partial charge in [-0.1, -0.05) is 19.3 Å². The van der Waals surface area contributed by atoms with Gasteiger partial charge in [0, 0.05) is 12.3 Å². The third-order valence-corrected chi connectivity index (χ3v) is 3.50. The highest BCUT2D eigenvalue weighted by atomic mass is 16.6. The minimum Gasteiger partial charge on any atom is -0.471 e. The van der Waals surface area contributed by atoms with Gasteiger partial charge in [0.15, 0.2) is 0 Å². The first-order valence-corrected chi connectivity index (χ1v) is 6.50. The highest BCUT2D eigenvalue weighted by Crippen LogP contribution is 2.29. The van der Waals surface area contributed by atoms with E-state index in [1.807, 2.05) is 6.07 Å². The second-order valence-corrected chi connectivity index (χ2v) is 5.13. The molecule has 1 aromatic rings. The van der Waals surface area contributed by atoms with Crippen LogP contribution in [-0.2, 0) is 0 Å². The van der Waals surface area contributed by atoms with Crippen molar-refractivity contribution in [2.45, 2.75) is 37.6 Å². The van der Waals surface area contributed by atoms with Gasteiger partial charge >= 0.3 is 5.69 Å². The fourth-order valence-electron chi connectivity index (χ4n) is 2.36. The molecule has 2 rings (SSSR count). The fraction of sp³-hybridized carbons (Fsp3) is 0.538. The van der Waals surface area contributed by atoms with Crippen LogP contribution in [0.1, 0.15) is 37.7 Å². The smallest absolute Gasteiger partial charge is 0.332 e. The molecule has 20 heavy (non-hydrogen) atoms. The zero-order valence-electron chi connectivity index (χ0n) is 11.0. The predicted octanol–water partition coefficient (Wildman–Crippen LogP) is 1.90. The van der Waals surface area contributed by atoms with Crippen LogP contribution in [0.4, 0.5) is 5.69 Å². The van der Waals surface area contributed by atoms with E-state index in [2.05, 4.69) is 4.98 Å². The van der Waals surface area contributed by atoms with Crippen LogP contribution < -0.4 is 10.5 Å². The highest BCUT2D eigenvalue weighted by Gasteiger charge is 2.29. The summed E-state index contributed by atoms with van der Waals surface area (Å²) in [6.07, 6.45) is 6.19. The van der Waals surface area contributed by atoms with Gasteiger partial charge < -0.3 is 10.5 Å². The summed E-state index contributed by atoms with van der Waals surface area (Å²) in [7, 11) is 0. The van der Waals surface area contributed by atoms with Crippen LogP contribution in [0, 0.1) is 21.4 Å². The average Bonchev–Trinajstić information content (AvgIpc) is 2.45. The van der Waals surface area contributed by atoms with E-state index in [9.17, 15) is 10.1 Å². The highest BCUT2D eigenvalue weighted by molar-refractivity contribution is 5.46. The van der Waals surface area contributed by atoms with Crippen molar-refractivity contribution >= 4 is 5.69 Å². The number of rotatable bonds is 4. The second kappa shape index (κ2) is 5.84. The first kappa shape index (κ1) is 14.2. The van der Waals surface area contributed by atoms with Crippen LogP contribution in [0.2, 0.25) is 0 Å². The number of nitrogens with zero attached hydrogens (tertiary/aromatic N) is 3. The second-order valence-electron chi connectivity index (χ2n) is 5.13. The molecule has 1 fully saturated rings. The van der Waals surface area contributed by atoms with Crippen molar-refractivity contribution in [3.8, 4) is 11.9 Å². The molecule has 0 aromatic carbocycles. The summed E-state index contributed by atoms with van der Waals surface area (Å²) in [5.74, 6) is -0.0793. The number of nitriles is 1. The first-order valence-electron chi connectivity index (χ1n) is 6.50. The summed E-state index contributed by atoms with van der Waals surface area (Å²) in [6, 6.07) is 2.97. The Hall–Kier alpha value is -2.20. The van der Waals surface area contributed by atoms with Crippen molar-refractivity contribution in [2.24, 2.45) is 5.73 Å². The number of nitro groups is 1. The molecule has 2 N–H and O–H groups in total. The molecule has 106 valence electrons. The summed E-state index contributed by atoms with van der Waals surface area (Å²) in [5, 5.41) is 19.7. The van der Waals surface area contributed by atoms with E-state index in [4.69, 9.17) is 15.7 Å². The van der Waals surface area contributed by atoms with Gasteiger partial charge in [0.1, 0.15) is 12.7 Å². The number of aromatic nitrogens is 1.